The molecule has 0 fully saturated rings. The third kappa shape index (κ3) is 4.59. The highest BCUT2D eigenvalue weighted by Gasteiger charge is 2.00. The Labute approximate surface area is 121 Å². The van der Waals surface area contributed by atoms with Gasteiger partial charge in [-0.05, 0) is 37.7 Å². The van der Waals surface area contributed by atoms with E-state index in [1.807, 2.05) is 24.3 Å². The van der Waals surface area contributed by atoms with Crippen molar-refractivity contribution < 1.29 is 0 Å². The van der Waals surface area contributed by atoms with Gasteiger partial charge in [-0.2, -0.15) is 0 Å². The van der Waals surface area contributed by atoms with Crippen LogP contribution in [0.25, 0.3) is 0 Å². The highest BCUT2D eigenvalue weighted by atomic mass is 15.1. The van der Waals surface area contributed by atoms with E-state index in [4.69, 9.17) is 5.73 Å². The molecule has 3 N–H and O–H groups in total. The van der Waals surface area contributed by atoms with Crippen LogP contribution in [0.4, 0.5) is 11.4 Å². The third-order valence-electron chi connectivity index (χ3n) is 3.29. The molecule has 0 saturated heterocycles. The summed E-state index contributed by atoms with van der Waals surface area (Å²) in [6.45, 7) is 3.00. The van der Waals surface area contributed by atoms with Gasteiger partial charge in [-0.15, -0.1) is 0 Å². The number of nitrogen functional groups attached to an aromatic ring is 1. The fourth-order valence-electron chi connectivity index (χ4n) is 2.20. The number of anilines is 2. The number of hydrogen-bond donors (Lipinski definition) is 2. The van der Waals surface area contributed by atoms with Crippen molar-refractivity contribution >= 4 is 11.4 Å². The summed E-state index contributed by atoms with van der Waals surface area (Å²) in [5.74, 6) is 0. The Morgan fingerprint density at radius 3 is 2.45 bits per heavy atom. The predicted octanol–water partition coefficient (Wildman–Crippen LogP) is 3.20. The van der Waals surface area contributed by atoms with E-state index in [2.05, 4.69) is 47.6 Å². The van der Waals surface area contributed by atoms with Crippen LogP contribution in [-0.4, -0.2) is 25.0 Å². The van der Waals surface area contributed by atoms with Gasteiger partial charge in [0.15, 0.2) is 0 Å². The molecule has 3 heteroatoms. The molecule has 2 aromatic rings. The lowest BCUT2D eigenvalue weighted by atomic mass is 10.2. The largest absolute Gasteiger partial charge is 0.397 e. The maximum absolute atomic E-state index is 5.89. The minimum Gasteiger partial charge on any atom is -0.397 e. The molecule has 0 heterocycles. The Morgan fingerprint density at radius 2 is 1.70 bits per heavy atom. The maximum atomic E-state index is 5.89. The SMILES string of the molecule is CN(CCCNc1ccccc1N)Cc1ccccc1. The number of nitrogens with zero attached hydrogens (tertiary/aromatic N) is 1. The van der Waals surface area contributed by atoms with Crippen LogP contribution in [-0.2, 0) is 6.54 Å². The minimum atomic E-state index is 0.810. The molecule has 0 bridgehead atoms. The molecule has 0 spiro atoms. The van der Waals surface area contributed by atoms with Crippen molar-refractivity contribution in [2.24, 2.45) is 0 Å². The Bertz CT molecular complexity index is 511. The van der Waals surface area contributed by atoms with E-state index in [0.717, 1.165) is 37.4 Å². The van der Waals surface area contributed by atoms with Crippen molar-refractivity contribution in [3.63, 3.8) is 0 Å². The molecule has 106 valence electrons. The number of hydrogen-bond acceptors (Lipinski definition) is 3. The summed E-state index contributed by atoms with van der Waals surface area (Å²) in [5.41, 5.74) is 9.09. The van der Waals surface area contributed by atoms with E-state index in [1.54, 1.807) is 0 Å². The Kier molecular flexibility index (Phi) is 5.44. The summed E-state index contributed by atoms with van der Waals surface area (Å²) in [5, 5.41) is 3.38. The Balaban J connectivity index is 1.67. The molecule has 0 aliphatic carbocycles. The monoisotopic (exact) mass is 269 g/mol. The lowest BCUT2D eigenvalue weighted by Gasteiger charge is -2.17. The second kappa shape index (κ2) is 7.56. The molecule has 0 atom stereocenters. The summed E-state index contributed by atoms with van der Waals surface area (Å²) in [4.78, 5) is 2.34. The Morgan fingerprint density at radius 1 is 1.00 bits per heavy atom. The molecule has 0 unspecified atom stereocenters. The molecule has 2 rings (SSSR count). The molecule has 20 heavy (non-hydrogen) atoms. The summed E-state index contributed by atoms with van der Waals surface area (Å²) in [6, 6.07) is 18.4. The first-order valence-electron chi connectivity index (χ1n) is 7.06. The van der Waals surface area contributed by atoms with Gasteiger partial charge in [-0.3, -0.25) is 0 Å². The van der Waals surface area contributed by atoms with Crippen LogP contribution in [0.2, 0.25) is 0 Å². The third-order valence-corrected chi connectivity index (χ3v) is 3.29. The predicted molar refractivity (Wildman–Crippen MR) is 86.7 cm³/mol. The van der Waals surface area contributed by atoms with Gasteiger partial charge in [0.05, 0.1) is 11.4 Å². The van der Waals surface area contributed by atoms with Gasteiger partial charge < -0.3 is 16.0 Å². The second-order valence-corrected chi connectivity index (χ2v) is 5.09. The first-order chi connectivity index (χ1) is 9.75. The molecule has 0 aromatic heterocycles. The van der Waals surface area contributed by atoms with Crippen molar-refractivity contribution in [1.29, 1.82) is 0 Å². The average Bonchev–Trinajstić information content (AvgIpc) is 2.46. The van der Waals surface area contributed by atoms with E-state index in [0.29, 0.717) is 0 Å². The molecule has 3 nitrogen and oxygen atoms in total. The lowest BCUT2D eigenvalue weighted by molar-refractivity contribution is 0.325. The molecule has 0 saturated carbocycles. The molecule has 2 aromatic carbocycles. The van der Waals surface area contributed by atoms with E-state index in [1.165, 1.54) is 5.56 Å². The quantitative estimate of drug-likeness (QED) is 0.599. The number of para-hydroxylation sites is 2. The normalized spacial score (nSPS) is 10.7. The molecule has 0 aliphatic rings. The van der Waals surface area contributed by atoms with Crippen molar-refractivity contribution in [1.82, 2.24) is 4.90 Å². The molecule has 0 amide bonds. The molecular weight excluding hydrogens is 246 g/mol. The van der Waals surface area contributed by atoms with Crippen molar-refractivity contribution in [3.8, 4) is 0 Å². The van der Waals surface area contributed by atoms with Gasteiger partial charge in [-0.1, -0.05) is 42.5 Å². The van der Waals surface area contributed by atoms with E-state index < -0.39 is 0 Å². The maximum Gasteiger partial charge on any atom is 0.0573 e. The highest BCUT2D eigenvalue weighted by molar-refractivity contribution is 5.65. The van der Waals surface area contributed by atoms with E-state index in [9.17, 15) is 0 Å². The zero-order chi connectivity index (χ0) is 14.2. The smallest absolute Gasteiger partial charge is 0.0573 e. The first-order valence-corrected chi connectivity index (χ1v) is 7.06. The number of rotatable bonds is 7. The number of nitrogens with two attached hydrogens (primary N) is 1. The fraction of sp³-hybridized carbons (Fsp3) is 0.294. The molecule has 0 radical (unpaired) electrons. The topological polar surface area (TPSA) is 41.3 Å². The van der Waals surface area contributed by atoms with Crippen LogP contribution in [0.1, 0.15) is 12.0 Å². The van der Waals surface area contributed by atoms with Gasteiger partial charge in [0, 0.05) is 13.1 Å². The highest BCUT2D eigenvalue weighted by Crippen LogP contribution is 2.16. The zero-order valence-electron chi connectivity index (χ0n) is 12.0. The Hall–Kier alpha value is -2.00. The number of nitrogens with one attached hydrogen (secondary N) is 1. The van der Waals surface area contributed by atoms with Gasteiger partial charge in [-0.25, -0.2) is 0 Å². The van der Waals surface area contributed by atoms with Crippen LogP contribution in [0, 0.1) is 0 Å². The lowest BCUT2D eigenvalue weighted by Crippen LogP contribution is -2.21. The van der Waals surface area contributed by atoms with Crippen LogP contribution >= 0.6 is 0 Å². The van der Waals surface area contributed by atoms with Crippen molar-refractivity contribution in [3.05, 3.63) is 60.2 Å². The first kappa shape index (κ1) is 14.4. The minimum absolute atomic E-state index is 0.810. The fourth-order valence-corrected chi connectivity index (χ4v) is 2.20. The van der Waals surface area contributed by atoms with Crippen LogP contribution in [0.15, 0.2) is 54.6 Å². The average molecular weight is 269 g/mol. The van der Waals surface area contributed by atoms with Crippen LogP contribution in [0.5, 0.6) is 0 Å². The van der Waals surface area contributed by atoms with Crippen molar-refractivity contribution in [2.45, 2.75) is 13.0 Å². The van der Waals surface area contributed by atoms with Gasteiger partial charge in [0.1, 0.15) is 0 Å². The molecular formula is C17H23N3. The van der Waals surface area contributed by atoms with E-state index >= 15 is 0 Å². The second-order valence-electron chi connectivity index (χ2n) is 5.09. The van der Waals surface area contributed by atoms with Crippen molar-refractivity contribution in [2.75, 3.05) is 31.2 Å². The number of benzene rings is 2. The standard InChI is InChI=1S/C17H23N3/c1-20(14-15-8-3-2-4-9-15)13-7-12-19-17-11-6-5-10-16(17)18/h2-6,8-11,19H,7,12-14,18H2,1H3. The van der Waals surface area contributed by atoms with E-state index in [-0.39, 0.29) is 0 Å². The van der Waals surface area contributed by atoms with Gasteiger partial charge in [0.2, 0.25) is 0 Å². The summed E-state index contributed by atoms with van der Waals surface area (Å²) in [6.07, 6.45) is 1.09. The van der Waals surface area contributed by atoms with Crippen LogP contribution < -0.4 is 11.1 Å². The molecule has 0 aliphatic heterocycles. The zero-order valence-corrected chi connectivity index (χ0v) is 12.0. The summed E-state index contributed by atoms with van der Waals surface area (Å²) < 4.78 is 0. The van der Waals surface area contributed by atoms with Gasteiger partial charge >= 0.3 is 0 Å². The summed E-state index contributed by atoms with van der Waals surface area (Å²) in [7, 11) is 2.16. The van der Waals surface area contributed by atoms with Gasteiger partial charge in [0.25, 0.3) is 0 Å². The van der Waals surface area contributed by atoms with Crippen LogP contribution in [0.3, 0.4) is 0 Å². The summed E-state index contributed by atoms with van der Waals surface area (Å²) >= 11 is 0.